The molecule has 0 saturated carbocycles. The van der Waals surface area contributed by atoms with E-state index in [4.69, 9.17) is 5.21 Å². The van der Waals surface area contributed by atoms with Crippen LogP contribution in [-0.4, -0.2) is 32.0 Å². The van der Waals surface area contributed by atoms with Crippen molar-refractivity contribution in [3.8, 4) is 0 Å². The van der Waals surface area contributed by atoms with E-state index in [1.165, 1.54) is 4.68 Å². The van der Waals surface area contributed by atoms with Crippen molar-refractivity contribution in [3.05, 3.63) is 95.3 Å². The molecular formula is C25H22F3N5O3. The smallest absolute Gasteiger partial charge is 0.346 e. The predicted molar refractivity (Wildman–Crippen MR) is 124 cm³/mol. The van der Waals surface area contributed by atoms with Crippen molar-refractivity contribution in [1.29, 1.82) is 0 Å². The molecule has 11 heteroatoms. The molecule has 0 fully saturated rings. The molecule has 1 atom stereocenters. The van der Waals surface area contributed by atoms with E-state index in [0.717, 1.165) is 40.6 Å². The van der Waals surface area contributed by atoms with Crippen molar-refractivity contribution in [2.45, 2.75) is 31.6 Å². The van der Waals surface area contributed by atoms with Crippen LogP contribution in [0.1, 0.15) is 39.6 Å². The fraction of sp³-hybridized carbons (Fsp3) is 0.200. The highest BCUT2D eigenvalue weighted by Crippen LogP contribution is 2.29. The minimum absolute atomic E-state index is 0.0191. The zero-order valence-electron chi connectivity index (χ0n) is 18.9. The summed E-state index contributed by atoms with van der Waals surface area (Å²) >= 11 is 0. The first-order valence-electron chi connectivity index (χ1n) is 11.0. The fourth-order valence-electron chi connectivity index (χ4n) is 3.81. The molecule has 0 spiro atoms. The largest absolute Gasteiger partial charge is 0.416 e. The second-order valence-corrected chi connectivity index (χ2v) is 8.23. The van der Waals surface area contributed by atoms with Crippen LogP contribution in [0.2, 0.25) is 0 Å². The quantitative estimate of drug-likeness (QED) is 0.251. The van der Waals surface area contributed by atoms with Gasteiger partial charge in [-0.3, -0.25) is 14.8 Å². The third-order valence-corrected chi connectivity index (χ3v) is 5.67. The molecule has 2 amide bonds. The van der Waals surface area contributed by atoms with Gasteiger partial charge in [0, 0.05) is 5.56 Å². The van der Waals surface area contributed by atoms with Gasteiger partial charge in [0.25, 0.3) is 5.91 Å². The van der Waals surface area contributed by atoms with Crippen LogP contribution in [0.4, 0.5) is 13.2 Å². The molecule has 1 heterocycles. The van der Waals surface area contributed by atoms with E-state index in [1.54, 1.807) is 11.7 Å². The number of fused-ring (bicyclic) bond motifs is 1. The number of carbonyl (C=O) groups is 2. The van der Waals surface area contributed by atoms with Crippen LogP contribution in [0.15, 0.2) is 72.9 Å². The molecule has 8 nitrogen and oxygen atoms in total. The molecule has 4 rings (SSSR count). The molecule has 0 radical (unpaired) electrons. The number of benzene rings is 3. The SMILES string of the molecule is O=C(CC(Cc1ccc2ccccc2c1)n1cc(CNC(=O)c2ccc(C(F)(F)F)cc2)nn1)NO. The monoisotopic (exact) mass is 497 g/mol. The lowest BCUT2D eigenvalue weighted by atomic mass is 10.00. The Morgan fingerprint density at radius 2 is 1.72 bits per heavy atom. The van der Waals surface area contributed by atoms with Gasteiger partial charge in [0.05, 0.1) is 30.8 Å². The molecule has 0 bridgehead atoms. The van der Waals surface area contributed by atoms with Crippen molar-refractivity contribution in [3.63, 3.8) is 0 Å². The molecule has 3 aromatic carbocycles. The highest BCUT2D eigenvalue weighted by atomic mass is 19.4. The first-order valence-corrected chi connectivity index (χ1v) is 11.0. The van der Waals surface area contributed by atoms with Gasteiger partial charge in [-0.2, -0.15) is 13.2 Å². The minimum atomic E-state index is -4.48. The third kappa shape index (κ3) is 6.05. The number of hydroxylamine groups is 1. The number of carbonyl (C=O) groups excluding carboxylic acids is 2. The van der Waals surface area contributed by atoms with Crippen LogP contribution < -0.4 is 10.8 Å². The number of hydrogen-bond donors (Lipinski definition) is 3. The van der Waals surface area contributed by atoms with Gasteiger partial charge in [-0.15, -0.1) is 5.10 Å². The average Bonchev–Trinajstić information content (AvgIpc) is 3.35. The Bertz CT molecular complexity index is 1370. The normalized spacial score (nSPS) is 12.3. The lowest BCUT2D eigenvalue weighted by Crippen LogP contribution is -2.25. The Morgan fingerprint density at radius 1 is 1.00 bits per heavy atom. The summed E-state index contributed by atoms with van der Waals surface area (Å²) in [7, 11) is 0. The molecule has 0 aliphatic carbocycles. The number of nitrogens with one attached hydrogen (secondary N) is 2. The van der Waals surface area contributed by atoms with Gasteiger partial charge in [-0.05, 0) is 47.0 Å². The Labute approximate surface area is 203 Å². The maximum Gasteiger partial charge on any atom is 0.416 e. The average molecular weight is 497 g/mol. The van der Waals surface area contributed by atoms with Crippen LogP contribution in [0.3, 0.4) is 0 Å². The molecule has 1 unspecified atom stereocenters. The highest BCUT2D eigenvalue weighted by molar-refractivity contribution is 5.94. The standard InChI is InChI=1S/C25H22F3N5O3/c26-25(27,28)20-9-7-18(8-10-20)24(35)29-14-21-15-33(32-30-21)22(13-23(34)31-36)12-16-5-6-17-3-1-2-4-19(17)11-16/h1-11,15,22,36H,12-14H2,(H,29,35)(H,31,34). The number of amides is 2. The van der Waals surface area contributed by atoms with Crippen LogP contribution in [0.25, 0.3) is 10.8 Å². The van der Waals surface area contributed by atoms with Crippen molar-refractivity contribution in [2.75, 3.05) is 0 Å². The Kier molecular flexibility index (Phi) is 7.30. The van der Waals surface area contributed by atoms with Crippen LogP contribution in [0.5, 0.6) is 0 Å². The third-order valence-electron chi connectivity index (χ3n) is 5.67. The zero-order valence-corrected chi connectivity index (χ0v) is 18.9. The van der Waals surface area contributed by atoms with Crippen LogP contribution >= 0.6 is 0 Å². The number of halogens is 3. The van der Waals surface area contributed by atoms with Crippen molar-refractivity contribution in [1.82, 2.24) is 25.8 Å². The van der Waals surface area contributed by atoms with Crippen molar-refractivity contribution < 1.29 is 28.0 Å². The minimum Gasteiger partial charge on any atom is -0.346 e. The summed E-state index contributed by atoms with van der Waals surface area (Å²) < 4.78 is 39.6. The highest BCUT2D eigenvalue weighted by Gasteiger charge is 2.30. The summed E-state index contributed by atoms with van der Waals surface area (Å²) in [5.74, 6) is -1.15. The van der Waals surface area contributed by atoms with Crippen LogP contribution in [0, 0.1) is 0 Å². The Hall–Kier alpha value is -4.25. The predicted octanol–water partition coefficient (Wildman–Crippen LogP) is 4.06. The molecular weight excluding hydrogens is 475 g/mol. The second-order valence-electron chi connectivity index (χ2n) is 8.23. The molecule has 186 valence electrons. The number of nitrogens with zero attached hydrogens (tertiary/aromatic N) is 3. The van der Waals surface area contributed by atoms with Crippen LogP contribution in [-0.2, 0) is 23.9 Å². The number of hydrogen-bond acceptors (Lipinski definition) is 5. The molecule has 0 aliphatic rings. The fourth-order valence-corrected chi connectivity index (χ4v) is 3.81. The maximum atomic E-state index is 12.7. The summed E-state index contributed by atoms with van der Waals surface area (Å²) in [4.78, 5) is 24.2. The zero-order chi connectivity index (χ0) is 25.7. The van der Waals surface area contributed by atoms with Gasteiger partial charge >= 0.3 is 6.18 Å². The Balaban J connectivity index is 1.44. The first kappa shape index (κ1) is 24.9. The van der Waals surface area contributed by atoms with Gasteiger partial charge in [0.1, 0.15) is 5.69 Å². The summed E-state index contributed by atoms with van der Waals surface area (Å²) in [6.07, 6.45) is -2.55. The van der Waals surface area contributed by atoms with E-state index in [2.05, 4.69) is 15.6 Å². The molecule has 1 aromatic heterocycles. The van der Waals surface area contributed by atoms with Gasteiger partial charge in [-0.1, -0.05) is 47.7 Å². The number of aromatic nitrogens is 3. The Morgan fingerprint density at radius 3 is 2.42 bits per heavy atom. The van der Waals surface area contributed by atoms with E-state index in [9.17, 15) is 22.8 Å². The molecule has 36 heavy (non-hydrogen) atoms. The van der Waals surface area contributed by atoms with Gasteiger partial charge in [0.2, 0.25) is 5.91 Å². The molecule has 0 aliphatic heterocycles. The van der Waals surface area contributed by atoms with E-state index >= 15 is 0 Å². The molecule has 3 N–H and O–H groups in total. The van der Waals surface area contributed by atoms with E-state index in [0.29, 0.717) is 12.1 Å². The summed E-state index contributed by atoms with van der Waals surface area (Å²) in [6, 6.07) is 17.2. The topological polar surface area (TPSA) is 109 Å². The lowest BCUT2D eigenvalue weighted by Gasteiger charge is -2.16. The van der Waals surface area contributed by atoms with E-state index in [-0.39, 0.29) is 18.5 Å². The number of alkyl halides is 3. The lowest BCUT2D eigenvalue weighted by molar-refractivity contribution is -0.137. The molecule has 4 aromatic rings. The summed E-state index contributed by atoms with van der Waals surface area (Å²) in [5.41, 5.74) is 2.21. The van der Waals surface area contributed by atoms with Crippen molar-refractivity contribution in [2.24, 2.45) is 0 Å². The van der Waals surface area contributed by atoms with Gasteiger partial charge in [-0.25, -0.2) is 10.2 Å². The second kappa shape index (κ2) is 10.6. The van der Waals surface area contributed by atoms with Crippen molar-refractivity contribution >= 4 is 22.6 Å². The number of rotatable bonds is 8. The maximum absolute atomic E-state index is 12.7. The van der Waals surface area contributed by atoms with Gasteiger partial charge < -0.3 is 5.32 Å². The van der Waals surface area contributed by atoms with E-state index < -0.39 is 29.6 Å². The summed E-state index contributed by atoms with van der Waals surface area (Å²) in [5, 5.41) is 21.8. The van der Waals surface area contributed by atoms with E-state index in [1.807, 2.05) is 42.5 Å². The first-order chi connectivity index (χ1) is 17.2. The molecule has 0 saturated heterocycles. The summed E-state index contributed by atoms with van der Waals surface area (Å²) in [6.45, 7) is -0.0191. The van der Waals surface area contributed by atoms with Gasteiger partial charge in [0.15, 0.2) is 0 Å².